The predicted molar refractivity (Wildman–Crippen MR) is 59.3 cm³/mol. The van der Waals surface area contributed by atoms with Gasteiger partial charge in [-0.25, -0.2) is 0 Å². The van der Waals surface area contributed by atoms with Crippen molar-refractivity contribution in [3.63, 3.8) is 0 Å². The van der Waals surface area contributed by atoms with E-state index in [1.165, 1.54) is 6.92 Å². The summed E-state index contributed by atoms with van der Waals surface area (Å²) in [5, 5.41) is 18.8. The third kappa shape index (κ3) is 2.50. The first-order valence-corrected chi connectivity index (χ1v) is 5.33. The Balaban J connectivity index is 2.30. The summed E-state index contributed by atoms with van der Waals surface area (Å²) in [6.45, 7) is 2.42. The lowest BCUT2D eigenvalue weighted by Crippen LogP contribution is -2.25. The third-order valence-corrected chi connectivity index (χ3v) is 2.66. The highest BCUT2D eigenvalue weighted by Gasteiger charge is 2.28. The summed E-state index contributed by atoms with van der Waals surface area (Å²) in [6.07, 6.45) is -0.355. The molecule has 1 aliphatic rings. The highest BCUT2D eigenvalue weighted by atomic mass is 16.6. The third-order valence-electron chi connectivity index (χ3n) is 2.66. The van der Waals surface area contributed by atoms with Crippen LogP contribution in [0.3, 0.4) is 0 Å². The zero-order valence-corrected chi connectivity index (χ0v) is 9.47. The SMILES string of the molecule is CC(O)(CC(=O)O)c1ccc2c(c1)OCCO2. The maximum atomic E-state index is 10.7. The Bertz CT molecular complexity index is 439. The molecule has 0 fully saturated rings. The van der Waals surface area contributed by atoms with Gasteiger partial charge in [0.05, 0.1) is 12.0 Å². The standard InChI is InChI=1S/C12H14O5/c1-12(15,7-11(13)14)8-2-3-9-10(6-8)17-5-4-16-9/h2-3,6,15H,4-5,7H2,1H3,(H,13,14). The van der Waals surface area contributed by atoms with Crippen molar-refractivity contribution in [3.05, 3.63) is 23.8 Å². The fourth-order valence-corrected chi connectivity index (χ4v) is 1.77. The van der Waals surface area contributed by atoms with Gasteiger partial charge in [0.2, 0.25) is 0 Å². The first kappa shape index (κ1) is 11.7. The van der Waals surface area contributed by atoms with Crippen LogP contribution in [0.5, 0.6) is 11.5 Å². The number of ether oxygens (including phenoxy) is 2. The monoisotopic (exact) mass is 238 g/mol. The maximum Gasteiger partial charge on any atom is 0.306 e. The summed E-state index contributed by atoms with van der Waals surface area (Å²) in [4.78, 5) is 10.7. The van der Waals surface area contributed by atoms with Crippen molar-refractivity contribution in [2.75, 3.05) is 13.2 Å². The van der Waals surface area contributed by atoms with E-state index >= 15 is 0 Å². The number of aliphatic hydroxyl groups is 1. The molecule has 1 heterocycles. The second-order valence-corrected chi connectivity index (χ2v) is 4.20. The second-order valence-electron chi connectivity index (χ2n) is 4.20. The van der Waals surface area contributed by atoms with Gasteiger partial charge in [0.1, 0.15) is 13.2 Å². The Kier molecular flexibility index (Phi) is 2.93. The van der Waals surface area contributed by atoms with E-state index in [1.54, 1.807) is 18.2 Å². The molecule has 0 radical (unpaired) electrons. The van der Waals surface area contributed by atoms with Gasteiger partial charge in [-0.15, -0.1) is 0 Å². The minimum atomic E-state index is -1.42. The van der Waals surface area contributed by atoms with Crippen LogP contribution in [-0.4, -0.2) is 29.4 Å². The van der Waals surface area contributed by atoms with Crippen LogP contribution >= 0.6 is 0 Å². The fourth-order valence-electron chi connectivity index (χ4n) is 1.77. The molecule has 0 saturated carbocycles. The molecule has 5 heteroatoms. The van der Waals surface area contributed by atoms with E-state index in [4.69, 9.17) is 14.6 Å². The van der Waals surface area contributed by atoms with Gasteiger partial charge in [0, 0.05) is 0 Å². The number of fused-ring (bicyclic) bond motifs is 1. The molecule has 0 bridgehead atoms. The van der Waals surface area contributed by atoms with Gasteiger partial charge in [0.15, 0.2) is 11.5 Å². The van der Waals surface area contributed by atoms with Crippen LogP contribution in [0.1, 0.15) is 18.9 Å². The maximum absolute atomic E-state index is 10.7. The summed E-state index contributed by atoms with van der Waals surface area (Å²) in [7, 11) is 0. The minimum Gasteiger partial charge on any atom is -0.486 e. The van der Waals surface area contributed by atoms with Crippen LogP contribution in [-0.2, 0) is 10.4 Å². The van der Waals surface area contributed by atoms with Crippen LogP contribution in [0.25, 0.3) is 0 Å². The first-order valence-electron chi connectivity index (χ1n) is 5.33. The van der Waals surface area contributed by atoms with Crippen molar-refractivity contribution >= 4 is 5.97 Å². The Morgan fingerprint density at radius 3 is 2.65 bits per heavy atom. The zero-order valence-electron chi connectivity index (χ0n) is 9.47. The summed E-state index contributed by atoms with van der Waals surface area (Å²) >= 11 is 0. The molecule has 0 spiro atoms. The topological polar surface area (TPSA) is 76.0 Å². The Labute approximate surface area is 98.6 Å². The molecule has 1 aromatic rings. The van der Waals surface area contributed by atoms with Crippen molar-refractivity contribution in [2.45, 2.75) is 18.9 Å². The molecule has 0 amide bonds. The smallest absolute Gasteiger partial charge is 0.306 e. The lowest BCUT2D eigenvalue weighted by atomic mass is 9.92. The normalized spacial score (nSPS) is 17.3. The van der Waals surface area contributed by atoms with Gasteiger partial charge in [-0.2, -0.15) is 0 Å². The summed E-state index contributed by atoms with van der Waals surface area (Å²) in [6, 6.07) is 4.95. The van der Waals surface area contributed by atoms with Crippen molar-refractivity contribution in [1.29, 1.82) is 0 Å². The summed E-state index contributed by atoms with van der Waals surface area (Å²) in [5.41, 5.74) is -0.911. The quantitative estimate of drug-likeness (QED) is 0.825. The van der Waals surface area contributed by atoms with E-state index in [9.17, 15) is 9.90 Å². The molecule has 1 aliphatic heterocycles. The van der Waals surface area contributed by atoms with Crippen LogP contribution in [0, 0.1) is 0 Å². The molecule has 0 aromatic heterocycles. The van der Waals surface area contributed by atoms with E-state index in [-0.39, 0.29) is 6.42 Å². The van der Waals surface area contributed by atoms with Crippen molar-refractivity contribution in [3.8, 4) is 11.5 Å². The molecule has 1 aromatic carbocycles. The number of rotatable bonds is 3. The van der Waals surface area contributed by atoms with Gasteiger partial charge >= 0.3 is 5.97 Å². The Hall–Kier alpha value is -1.75. The van der Waals surface area contributed by atoms with Gasteiger partial charge in [-0.05, 0) is 24.6 Å². The van der Waals surface area contributed by atoms with Crippen LogP contribution in [0.15, 0.2) is 18.2 Å². The molecule has 0 aliphatic carbocycles. The van der Waals surface area contributed by atoms with Gasteiger partial charge in [0.25, 0.3) is 0 Å². The average molecular weight is 238 g/mol. The Morgan fingerprint density at radius 2 is 2.00 bits per heavy atom. The van der Waals surface area contributed by atoms with E-state index in [0.29, 0.717) is 30.3 Å². The van der Waals surface area contributed by atoms with Crippen molar-refractivity contribution in [1.82, 2.24) is 0 Å². The van der Waals surface area contributed by atoms with Gasteiger partial charge in [-0.1, -0.05) is 6.07 Å². The lowest BCUT2D eigenvalue weighted by Gasteiger charge is -2.25. The van der Waals surface area contributed by atoms with Crippen LogP contribution in [0.4, 0.5) is 0 Å². The molecular formula is C12H14O5. The highest BCUT2D eigenvalue weighted by Crippen LogP contribution is 2.35. The van der Waals surface area contributed by atoms with Crippen molar-refractivity contribution in [2.24, 2.45) is 0 Å². The van der Waals surface area contributed by atoms with E-state index in [0.717, 1.165) is 0 Å². The summed E-state index contributed by atoms with van der Waals surface area (Å²) < 4.78 is 10.7. The predicted octanol–water partition coefficient (Wildman–Crippen LogP) is 1.14. The number of aliphatic carboxylic acids is 1. The number of carbonyl (C=O) groups is 1. The van der Waals surface area contributed by atoms with Crippen LogP contribution in [0.2, 0.25) is 0 Å². The number of hydrogen-bond donors (Lipinski definition) is 2. The second kappa shape index (κ2) is 4.25. The molecule has 2 N–H and O–H groups in total. The molecule has 17 heavy (non-hydrogen) atoms. The minimum absolute atomic E-state index is 0.355. The molecule has 5 nitrogen and oxygen atoms in total. The molecule has 2 rings (SSSR count). The first-order chi connectivity index (χ1) is 7.99. The number of carboxylic acid groups (broad SMARTS) is 1. The summed E-state index contributed by atoms with van der Waals surface area (Å²) in [5.74, 6) is 0.107. The van der Waals surface area contributed by atoms with E-state index < -0.39 is 11.6 Å². The molecule has 1 atom stereocenters. The Morgan fingerprint density at radius 1 is 1.35 bits per heavy atom. The molecular weight excluding hydrogens is 224 g/mol. The van der Waals surface area contributed by atoms with Gasteiger partial charge < -0.3 is 19.7 Å². The van der Waals surface area contributed by atoms with Gasteiger partial charge in [-0.3, -0.25) is 4.79 Å². The molecule has 92 valence electrons. The molecule has 1 unspecified atom stereocenters. The van der Waals surface area contributed by atoms with Crippen molar-refractivity contribution < 1.29 is 24.5 Å². The van der Waals surface area contributed by atoms with E-state index in [2.05, 4.69) is 0 Å². The number of hydrogen-bond acceptors (Lipinski definition) is 4. The lowest BCUT2D eigenvalue weighted by molar-refractivity contribution is -0.142. The highest BCUT2D eigenvalue weighted by molar-refractivity contribution is 5.68. The van der Waals surface area contributed by atoms with E-state index in [1.807, 2.05) is 0 Å². The fraction of sp³-hybridized carbons (Fsp3) is 0.417. The molecule has 0 saturated heterocycles. The average Bonchev–Trinajstić information content (AvgIpc) is 2.26. The zero-order chi connectivity index (χ0) is 12.5. The van der Waals surface area contributed by atoms with Crippen LogP contribution < -0.4 is 9.47 Å². The largest absolute Gasteiger partial charge is 0.486 e. The number of benzene rings is 1. The number of carboxylic acids is 1.